The van der Waals surface area contributed by atoms with Crippen molar-refractivity contribution in [3.05, 3.63) is 46.5 Å². The zero-order valence-electron chi connectivity index (χ0n) is 18.6. The summed E-state index contributed by atoms with van der Waals surface area (Å²) in [6, 6.07) is 7.23. The first kappa shape index (κ1) is 25.3. The highest BCUT2D eigenvalue weighted by Crippen LogP contribution is 2.66. The monoisotopic (exact) mass is 456 g/mol. The quantitative estimate of drug-likeness (QED) is 0.371. The molecule has 0 saturated heterocycles. The Hall–Kier alpha value is -1.00. The van der Waals surface area contributed by atoms with Crippen LogP contribution in [0.5, 0.6) is 0 Å². The maximum atomic E-state index is 12.7. The van der Waals surface area contributed by atoms with Crippen LogP contribution in [0.1, 0.15) is 75.6 Å². The zero-order valence-corrected chi connectivity index (χ0v) is 20.4. The van der Waals surface area contributed by atoms with Crippen molar-refractivity contribution in [2.75, 3.05) is 0 Å². The average Bonchev–Trinajstić information content (AvgIpc) is 2.67. The summed E-state index contributed by atoms with van der Waals surface area (Å²) in [7, 11) is -9.07. The first-order chi connectivity index (χ1) is 13.8. The molecule has 0 aromatic heterocycles. The lowest BCUT2D eigenvalue weighted by atomic mass is 9.77. The van der Waals surface area contributed by atoms with Crippen LogP contribution in [-0.2, 0) is 19.4 Å². The highest BCUT2D eigenvalue weighted by molar-refractivity contribution is 7.53. The molecule has 0 saturated carbocycles. The highest BCUT2D eigenvalue weighted by atomic mass is 31.2. The summed E-state index contributed by atoms with van der Waals surface area (Å²) in [6.07, 6.45) is 1.01. The Bertz CT molecular complexity index is 943. The molecule has 0 atom stereocenters. The topological polar surface area (TPSA) is 115 Å². The fourth-order valence-electron chi connectivity index (χ4n) is 5.22. The number of hydrogen-bond donors (Lipinski definition) is 4. The Morgan fingerprint density at radius 2 is 0.933 bits per heavy atom. The molecule has 168 valence electrons. The molecule has 0 aliphatic carbocycles. The first-order valence-corrected chi connectivity index (χ1v) is 13.7. The smallest absolute Gasteiger partial charge is 0.324 e. The van der Waals surface area contributed by atoms with E-state index in [1.54, 1.807) is 39.8 Å². The van der Waals surface area contributed by atoms with Crippen LogP contribution in [0.15, 0.2) is 24.3 Å². The van der Waals surface area contributed by atoms with Crippen molar-refractivity contribution in [3.8, 4) is 0 Å². The van der Waals surface area contributed by atoms with E-state index < -0.39 is 25.5 Å². The van der Waals surface area contributed by atoms with Gasteiger partial charge in [-0.1, -0.05) is 52.0 Å². The third kappa shape index (κ3) is 3.52. The molecule has 0 spiro atoms. The Kier molecular flexibility index (Phi) is 7.16. The van der Waals surface area contributed by atoms with Crippen molar-refractivity contribution in [3.63, 3.8) is 0 Å². The van der Waals surface area contributed by atoms with Crippen LogP contribution in [0.4, 0.5) is 0 Å². The molecule has 30 heavy (non-hydrogen) atoms. The maximum absolute atomic E-state index is 12.7. The lowest BCUT2D eigenvalue weighted by Gasteiger charge is -2.40. The second kappa shape index (κ2) is 8.50. The Morgan fingerprint density at radius 1 is 0.667 bits per heavy atom. The molecule has 0 heterocycles. The predicted molar refractivity (Wildman–Crippen MR) is 122 cm³/mol. The van der Waals surface area contributed by atoms with Crippen LogP contribution < -0.4 is 0 Å². The predicted octanol–water partition coefficient (Wildman–Crippen LogP) is 5.84. The van der Waals surface area contributed by atoms with Gasteiger partial charge in [0, 0.05) is 0 Å². The van der Waals surface area contributed by atoms with Crippen molar-refractivity contribution in [1.82, 2.24) is 0 Å². The molecule has 0 unspecified atom stereocenters. The Balaban J connectivity index is 3.21. The molecule has 2 rings (SSSR count). The maximum Gasteiger partial charge on any atom is 0.336 e. The van der Waals surface area contributed by atoms with Gasteiger partial charge < -0.3 is 19.6 Å². The van der Waals surface area contributed by atoms with Crippen LogP contribution in [0.3, 0.4) is 0 Å². The molecular formula is C22H34O6P2. The van der Waals surface area contributed by atoms with E-state index in [0.717, 1.165) is 0 Å². The second-order valence-corrected chi connectivity index (χ2v) is 12.0. The minimum Gasteiger partial charge on any atom is -0.324 e. The molecule has 0 aliphatic heterocycles. The lowest BCUT2D eigenvalue weighted by Crippen LogP contribution is -2.30. The fraction of sp³-hybridized carbons (Fsp3) is 0.545. The molecule has 0 aliphatic rings. The lowest BCUT2D eigenvalue weighted by molar-refractivity contribution is 0.312. The van der Waals surface area contributed by atoms with Crippen LogP contribution in [0.25, 0.3) is 10.8 Å². The summed E-state index contributed by atoms with van der Waals surface area (Å²) in [6.45, 7) is 10.7. The van der Waals surface area contributed by atoms with Crippen molar-refractivity contribution in [2.24, 2.45) is 0 Å². The number of hydrogen-bond acceptors (Lipinski definition) is 2. The summed E-state index contributed by atoms with van der Waals surface area (Å²) < 4.78 is 25.5. The van der Waals surface area contributed by atoms with Crippen LogP contribution >= 0.6 is 15.2 Å². The third-order valence-electron chi connectivity index (χ3n) is 7.16. The highest BCUT2D eigenvalue weighted by Gasteiger charge is 2.51. The number of rotatable bonds is 8. The van der Waals surface area contributed by atoms with Crippen LogP contribution in [0.2, 0.25) is 0 Å². The molecule has 0 fully saturated rings. The van der Waals surface area contributed by atoms with E-state index in [4.69, 9.17) is 0 Å². The van der Waals surface area contributed by atoms with Gasteiger partial charge in [-0.15, -0.1) is 0 Å². The van der Waals surface area contributed by atoms with Gasteiger partial charge in [-0.05, 0) is 72.6 Å². The molecule has 6 nitrogen and oxygen atoms in total. The minimum absolute atomic E-state index is 0.253. The van der Waals surface area contributed by atoms with Gasteiger partial charge in [-0.3, -0.25) is 9.13 Å². The Labute approximate surface area is 179 Å². The summed E-state index contributed by atoms with van der Waals surface area (Å²) >= 11 is 0. The van der Waals surface area contributed by atoms with Gasteiger partial charge in [0.2, 0.25) is 0 Å². The largest absolute Gasteiger partial charge is 0.336 e. The Morgan fingerprint density at radius 3 is 1.13 bits per heavy atom. The van der Waals surface area contributed by atoms with Crippen LogP contribution in [-0.4, -0.2) is 19.6 Å². The van der Waals surface area contributed by atoms with Gasteiger partial charge in [-0.2, -0.15) is 0 Å². The fourth-order valence-corrected chi connectivity index (χ4v) is 8.03. The SMILES string of the molecule is CCC(CC)(c1c(C)c(C)c(C(CC)(CC)P(=O)(O)O)c2ccccc12)P(=O)(O)O. The summed E-state index contributed by atoms with van der Waals surface area (Å²) in [4.78, 5) is 41.6. The summed E-state index contributed by atoms with van der Waals surface area (Å²) in [5, 5.41) is -1.41. The van der Waals surface area contributed by atoms with Gasteiger partial charge in [-0.25, -0.2) is 0 Å². The molecule has 0 bridgehead atoms. The van der Waals surface area contributed by atoms with E-state index in [-0.39, 0.29) is 25.7 Å². The van der Waals surface area contributed by atoms with Crippen molar-refractivity contribution in [2.45, 2.75) is 77.5 Å². The molecule has 0 radical (unpaired) electrons. The molecule has 4 N–H and O–H groups in total. The normalized spacial score (nSPS) is 13.8. The van der Waals surface area contributed by atoms with Gasteiger partial charge in [0.1, 0.15) is 0 Å². The van der Waals surface area contributed by atoms with E-state index in [0.29, 0.717) is 33.0 Å². The molecule has 2 aromatic rings. The van der Waals surface area contributed by atoms with Crippen molar-refractivity contribution >= 4 is 26.0 Å². The minimum atomic E-state index is -4.54. The van der Waals surface area contributed by atoms with Crippen LogP contribution in [0, 0.1) is 13.8 Å². The van der Waals surface area contributed by atoms with E-state index in [1.807, 2.05) is 26.0 Å². The number of benzene rings is 2. The molecule has 0 amide bonds. The van der Waals surface area contributed by atoms with Gasteiger partial charge in [0.05, 0.1) is 10.3 Å². The standard InChI is InChI=1S/C22H34O6P2/c1-7-21(8-2,29(23,24)25)19-15(5)16(6)20(18-14-12-11-13-17(18)19)22(9-3,10-4)30(26,27)28/h11-14H,7-10H2,1-6H3,(H2,23,24,25)(H2,26,27,28). The third-order valence-corrected chi connectivity index (χ3v) is 11.1. The average molecular weight is 456 g/mol. The van der Waals surface area contributed by atoms with E-state index in [9.17, 15) is 28.7 Å². The van der Waals surface area contributed by atoms with Crippen molar-refractivity contribution < 1.29 is 28.7 Å². The van der Waals surface area contributed by atoms with Gasteiger partial charge >= 0.3 is 15.2 Å². The summed E-state index contributed by atoms with van der Waals surface area (Å²) in [5.41, 5.74) is 2.56. The van der Waals surface area contributed by atoms with Crippen molar-refractivity contribution in [1.29, 1.82) is 0 Å². The van der Waals surface area contributed by atoms with E-state index in [2.05, 4.69) is 0 Å². The first-order valence-electron chi connectivity index (χ1n) is 10.4. The van der Waals surface area contributed by atoms with Gasteiger partial charge in [0.15, 0.2) is 0 Å². The molecule has 8 heteroatoms. The van der Waals surface area contributed by atoms with E-state index in [1.165, 1.54) is 0 Å². The second-order valence-electron chi connectivity index (χ2n) is 8.11. The summed E-state index contributed by atoms with van der Waals surface area (Å²) in [5.74, 6) is 0. The molecule has 2 aromatic carbocycles. The van der Waals surface area contributed by atoms with E-state index >= 15 is 0 Å². The van der Waals surface area contributed by atoms with Gasteiger partial charge in [0.25, 0.3) is 0 Å². The number of fused-ring (bicyclic) bond motifs is 1. The zero-order chi connectivity index (χ0) is 23.1. The molecular weight excluding hydrogens is 422 g/mol.